The molecule has 1 N–H and O–H groups in total. The zero-order chi connectivity index (χ0) is 17.0. The molecule has 0 spiro atoms. The molecule has 0 heterocycles. The first-order valence-corrected chi connectivity index (χ1v) is 8.04. The minimum absolute atomic E-state index is 0.0504. The van der Waals surface area contributed by atoms with Gasteiger partial charge in [0.1, 0.15) is 5.75 Å². The van der Waals surface area contributed by atoms with Crippen molar-refractivity contribution in [2.75, 3.05) is 11.9 Å². The van der Waals surface area contributed by atoms with E-state index < -0.39 is 0 Å². The summed E-state index contributed by atoms with van der Waals surface area (Å²) in [6.45, 7) is 8.07. The quantitative estimate of drug-likeness (QED) is 0.828. The van der Waals surface area contributed by atoms with Crippen molar-refractivity contribution < 1.29 is 9.53 Å². The Kier molecular flexibility index (Phi) is 5.67. The normalized spacial score (nSPS) is 10.7. The first-order valence-electron chi connectivity index (χ1n) is 7.66. The second-order valence-corrected chi connectivity index (χ2v) is 6.41. The SMILES string of the molecule is Cc1cc(C)c(NC(=O)COc2cccc(C(C)C)c2)c(Cl)c1. The summed E-state index contributed by atoms with van der Waals surface area (Å²) >= 11 is 6.20. The molecule has 0 aliphatic rings. The monoisotopic (exact) mass is 331 g/mol. The molecule has 0 unspecified atom stereocenters. The Morgan fingerprint density at radius 3 is 2.61 bits per heavy atom. The minimum Gasteiger partial charge on any atom is -0.484 e. The smallest absolute Gasteiger partial charge is 0.262 e. The fourth-order valence-corrected chi connectivity index (χ4v) is 2.73. The van der Waals surface area contributed by atoms with Gasteiger partial charge in [-0.15, -0.1) is 0 Å². The highest BCUT2D eigenvalue weighted by Crippen LogP contribution is 2.27. The molecule has 23 heavy (non-hydrogen) atoms. The average Bonchev–Trinajstić information content (AvgIpc) is 2.49. The van der Waals surface area contributed by atoms with Crippen LogP contribution in [-0.4, -0.2) is 12.5 Å². The van der Waals surface area contributed by atoms with Crippen molar-refractivity contribution in [3.05, 3.63) is 58.1 Å². The highest BCUT2D eigenvalue weighted by molar-refractivity contribution is 6.34. The number of nitrogens with one attached hydrogen (secondary N) is 1. The van der Waals surface area contributed by atoms with E-state index >= 15 is 0 Å². The van der Waals surface area contributed by atoms with Gasteiger partial charge in [0.25, 0.3) is 5.91 Å². The first-order chi connectivity index (χ1) is 10.9. The Morgan fingerprint density at radius 1 is 1.22 bits per heavy atom. The van der Waals surface area contributed by atoms with Crippen LogP contribution >= 0.6 is 11.6 Å². The van der Waals surface area contributed by atoms with E-state index in [4.69, 9.17) is 16.3 Å². The van der Waals surface area contributed by atoms with Gasteiger partial charge in [-0.1, -0.05) is 43.6 Å². The Hall–Kier alpha value is -2.00. The first kappa shape index (κ1) is 17.4. The van der Waals surface area contributed by atoms with Crippen molar-refractivity contribution in [2.45, 2.75) is 33.6 Å². The predicted molar refractivity (Wildman–Crippen MR) is 95.6 cm³/mol. The summed E-state index contributed by atoms with van der Waals surface area (Å²) in [5.74, 6) is 0.883. The lowest BCUT2D eigenvalue weighted by molar-refractivity contribution is -0.118. The second kappa shape index (κ2) is 7.51. The number of aryl methyl sites for hydroxylation is 2. The van der Waals surface area contributed by atoms with Crippen LogP contribution in [0.4, 0.5) is 5.69 Å². The molecule has 2 rings (SSSR count). The molecule has 0 aromatic heterocycles. The van der Waals surface area contributed by atoms with E-state index in [0.29, 0.717) is 22.4 Å². The fourth-order valence-electron chi connectivity index (χ4n) is 2.36. The van der Waals surface area contributed by atoms with Gasteiger partial charge in [-0.2, -0.15) is 0 Å². The zero-order valence-electron chi connectivity index (χ0n) is 13.9. The van der Waals surface area contributed by atoms with Crippen LogP contribution in [0, 0.1) is 13.8 Å². The van der Waals surface area contributed by atoms with Gasteiger partial charge in [0.05, 0.1) is 10.7 Å². The summed E-state index contributed by atoms with van der Waals surface area (Å²) in [7, 11) is 0. The summed E-state index contributed by atoms with van der Waals surface area (Å²) in [6, 6.07) is 11.6. The lowest BCUT2D eigenvalue weighted by atomic mass is 10.0. The van der Waals surface area contributed by atoms with Crippen molar-refractivity contribution >= 4 is 23.2 Å². The number of hydrogen-bond acceptors (Lipinski definition) is 2. The van der Waals surface area contributed by atoms with Crippen LogP contribution in [0.1, 0.15) is 36.5 Å². The number of halogens is 1. The van der Waals surface area contributed by atoms with Crippen LogP contribution in [0.15, 0.2) is 36.4 Å². The van der Waals surface area contributed by atoms with Crippen molar-refractivity contribution in [2.24, 2.45) is 0 Å². The minimum atomic E-state index is -0.228. The van der Waals surface area contributed by atoms with Crippen LogP contribution < -0.4 is 10.1 Å². The Morgan fingerprint density at radius 2 is 1.96 bits per heavy atom. The van der Waals surface area contributed by atoms with Gasteiger partial charge >= 0.3 is 0 Å². The molecular weight excluding hydrogens is 310 g/mol. The molecular formula is C19H22ClNO2. The predicted octanol–water partition coefficient (Wildman–Crippen LogP) is 5.10. The largest absolute Gasteiger partial charge is 0.484 e. The summed E-state index contributed by atoms with van der Waals surface area (Å²) in [5, 5.41) is 3.36. The maximum Gasteiger partial charge on any atom is 0.262 e. The number of anilines is 1. The standard InChI is InChI=1S/C19H22ClNO2/c1-12(2)15-6-5-7-16(10-15)23-11-18(22)21-19-14(4)8-13(3)9-17(19)20/h5-10,12H,11H2,1-4H3,(H,21,22). The second-order valence-electron chi connectivity index (χ2n) is 6.00. The number of benzene rings is 2. The molecule has 2 aromatic carbocycles. The number of rotatable bonds is 5. The maximum absolute atomic E-state index is 12.1. The fraction of sp³-hybridized carbons (Fsp3) is 0.316. The van der Waals surface area contributed by atoms with Gasteiger partial charge < -0.3 is 10.1 Å². The number of carbonyl (C=O) groups is 1. The van der Waals surface area contributed by atoms with E-state index in [1.54, 1.807) is 0 Å². The van der Waals surface area contributed by atoms with E-state index in [-0.39, 0.29) is 12.5 Å². The van der Waals surface area contributed by atoms with Crippen LogP contribution in [0.3, 0.4) is 0 Å². The molecule has 0 bridgehead atoms. The number of amides is 1. The average molecular weight is 332 g/mol. The third-order valence-electron chi connectivity index (χ3n) is 3.59. The molecule has 1 amide bonds. The van der Waals surface area contributed by atoms with E-state index in [1.807, 2.05) is 50.2 Å². The van der Waals surface area contributed by atoms with Crippen molar-refractivity contribution in [3.63, 3.8) is 0 Å². The molecule has 0 saturated carbocycles. The van der Waals surface area contributed by atoms with E-state index in [9.17, 15) is 4.79 Å². The van der Waals surface area contributed by atoms with Gasteiger partial charge in [0, 0.05) is 0 Å². The highest BCUT2D eigenvalue weighted by Gasteiger charge is 2.10. The number of ether oxygens (including phenoxy) is 1. The van der Waals surface area contributed by atoms with E-state index in [2.05, 4.69) is 19.2 Å². The van der Waals surface area contributed by atoms with Gasteiger partial charge in [0.2, 0.25) is 0 Å². The van der Waals surface area contributed by atoms with Crippen molar-refractivity contribution in [3.8, 4) is 5.75 Å². The van der Waals surface area contributed by atoms with E-state index in [1.165, 1.54) is 5.56 Å². The Labute approximate surface area is 142 Å². The molecule has 2 aromatic rings. The maximum atomic E-state index is 12.1. The topological polar surface area (TPSA) is 38.3 Å². The van der Waals surface area contributed by atoms with Crippen LogP contribution in [0.25, 0.3) is 0 Å². The van der Waals surface area contributed by atoms with Crippen LogP contribution in [0.2, 0.25) is 5.02 Å². The summed E-state index contributed by atoms with van der Waals surface area (Å²) in [6.07, 6.45) is 0. The molecule has 3 nitrogen and oxygen atoms in total. The van der Waals surface area contributed by atoms with Gasteiger partial charge in [-0.3, -0.25) is 4.79 Å². The van der Waals surface area contributed by atoms with Crippen LogP contribution in [-0.2, 0) is 4.79 Å². The molecule has 0 saturated heterocycles. The lowest BCUT2D eigenvalue weighted by Gasteiger charge is -2.13. The summed E-state index contributed by atoms with van der Waals surface area (Å²) in [5.41, 5.74) is 3.82. The molecule has 4 heteroatoms. The molecule has 0 radical (unpaired) electrons. The van der Waals surface area contributed by atoms with Gasteiger partial charge in [-0.25, -0.2) is 0 Å². The highest BCUT2D eigenvalue weighted by atomic mass is 35.5. The molecule has 0 atom stereocenters. The molecule has 122 valence electrons. The molecule has 0 aliphatic carbocycles. The lowest BCUT2D eigenvalue weighted by Crippen LogP contribution is -2.21. The van der Waals surface area contributed by atoms with E-state index in [0.717, 1.165) is 11.1 Å². The Balaban J connectivity index is 2.00. The molecule has 0 aliphatic heterocycles. The summed E-state index contributed by atoms with van der Waals surface area (Å²) in [4.78, 5) is 12.1. The summed E-state index contributed by atoms with van der Waals surface area (Å²) < 4.78 is 5.58. The third kappa shape index (κ3) is 4.73. The van der Waals surface area contributed by atoms with Gasteiger partial charge in [-0.05, 0) is 54.7 Å². The third-order valence-corrected chi connectivity index (χ3v) is 3.89. The Bertz CT molecular complexity index is 687. The zero-order valence-corrected chi connectivity index (χ0v) is 14.7. The number of hydrogen-bond donors (Lipinski definition) is 1. The van der Waals surface area contributed by atoms with Crippen LogP contribution in [0.5, 0.6) is 5.75 Å². The van der Waals surface area contributed by atoms with Crippen molar-refractivity contribution in [1.82, 2.24) is 0 Å². The van der Waals surface area contributed by atoms with Gasteiger partial charge in [0.15, 0.2) is 6.61 Å². The van der Waals surface area contributed by atoms with Crippen molar-refractivity contribution in [1.29, 1.82) is 0 Å². The molecule has 0 fully saturated rings. The number of carbonyl (C=O) groups excluding carboxylic acids is 1.